The molecule has 0 aromatic heterocycles. The molecule has 1 atom stereocenters. The Morgan fingerprint density at radius 1 is 0.632 bits per heavy atom. The quantitative estimate of drug-likeness (QED) is 0.341. The van der Waals surface area contributed by atoms with E-state index < -0.39 is 32.3 Å². The minimum Gasteiger partial charge on any atom is -0.128 e. The van der Waals surface area contributed by atoms with Crippen LogP contribution in [0.2, 0.25) is 75.9 Å². The molecule has 0 amide bonds. The molecule has 0 aromatic rings. The topological polar surface area (TPSA) is 0 Å². The minimum absolute atomic E-state index is 1.03. The Hall–Kier alpha value is 0.858. The second kappa shape index (κ2) is 6.75. The molecule has 0 N–H and O–H groups in total. The summed E-state index contributed by atoms with van der Waals surface area (Å²) in [6, 6.07) is 0. The normalized spacial score (nSPS) is 14.0. The van der Waals surface area contributed by atoms with Gasteiger partial charge in [0.2, 0.25) is 0 Å². The fourth-order valence-electron chi connectivity index (χ4n) is 3.52. The Morgan fingerprint density at radius 3 is 1.05 bits per heavy atom. The molecule has 19 heavy (non-hydrogen) atoms. The Labute approximate surface area is 128 Å². The van der Waals surface area contributed by atoms with Gasteiger partial charge in [-0.05, 0) is 0 Å². The highest BCUT2D eigenvalue weighted by Gasteiger charge is 2.43. The van der Waals surface area contributed by atoms with Gasteiger partial charge in [0.15, 0.2) is 0 Å². The first-order valence-electron chi connectivity index (χ1n) is 7.41. The van der Waals surface area contributed by atoms with Crippen molar-refractivity contribution < 1.29 is 0 Å². The zero-order chi connectivity index (χ0) is 15.5. The van der Waals surface area contributed by atoms with Crippen molar-refractivity contribution in [3.05, 3.63) is 0 Å². The molecule has 0 aliphatic heterocycles. The molecular formula is C14H35PSi4. The van der Waals surface area contributed by atoms with Crippen LogP contribution in [0.5, 0.6) is 0 Å². The molecule has 0 saturated carbocycles. The van der Waals surface area contributed by atoms with E-state index in [1.54, 1.807) is 0 Å². The summed E-state index contributed by atoms with van der Waals surface area (Å²) in [4.78, 5) is 0. The van der Waals surface area contributed by atoms with Crippen molar-refractivity contribution in [1.29, 1.82) is 0 Å². The standard InChI is InChI=1S/C14H35PSi4/c1-16(2,3)12-19(11-10-15,13-17(4,5)6)14-18(7,8)9/h12-15H2,1-9H3. The lowest BCUT2D eigenvalue weighted by molar-refractivity contribution is 1.42. The summed E-state index contributed by atoms with van der Waals surface area (Å²) in [5.41, 5.74) is 11.6. The third-order valence-corrected chi connectivity index (χ3v) is 24.9. The average molecular weight is 347 g/mol. The first kappa shape index (κ1) is 19.9. The van der Waals surface area contributed by atoms with Gasteiger partial charge in [-0.1, -0.05) is 90.8 Å². The molecule has 0 fully saturated rings. The first-order valence-corrected chi connectivity index (χ1v) is 21.7. The molecule has 0 rings (SSSR count). The maximum absolute atomic E-state index is 3.82. The van der Waals surface area contributed by atoms with Crippen molar-refractivity contribution in [1.82, 2.24) is 0 Å². The Morgan fingerprint density at radius 2 is 0.895 bits per heavy atom. The second-order valence-electron chi connectivity index (χ2n) is 9.76. The minimum atomic E-state index is -1.40. The molecule has 0 heterocycles. The smallest absolute Gasteiger partial charge is 0.128 e. The van der Waals surface area contributed by atoms with Crippen LogP contribution >= 0.6 is 9.24 Å². The van der Waals surface area contributed by atoms with Crippen LogP contribution in [0.3, 0.4) is 0 Å². The number of hydrogen-bond acceptors (Lipinski definition) is 0. The molecule has 0 spiro atoms. The van der Waals surface area contributed by atoms with Crippen LogP contribution in [0.15, 0.2) is 0 Å². The highest BCUT2D eigenvalue weighted by molar-refractivity contribution is 7.24. The van der Waals surface area contributed by atoms with E-state index in [-0.39, 0.29) is 0 Å². The van der Waals surface area contributed by atoms with Crippen molar-refractivity contribution in [2.75, 3.05) is 0 Å². The van der Waals surface area contributed by atoms with Crippen LogP contribution in [-0.4, -0.2) is 32.3 Å². The third kappa shape index (κ3) is 10.3. The molecule has 0 radical (unpaired) electrons. The summed E-state index contributed by atoms with van der Waals surface area (Å²) < 4.78 is 0. The van der Waals surface area contributed by atoms with Crippen LogP contribution in [-0.2, 0) is 0 Å². The van der Waals surface area contributed by atoms with Gasteiger partial charge in [-0.25, -0.2) is 0 Å². The fourth-order valence-corrected chi connectivity index (χ4v) is 35.0. The van der Waals surface area contributed by atoms with E-state index in [1.165, 1.54) is 17.0 Å². The Balaban J connectivity index is 5.52. The van der Waals surface area contributed by atoms with Gasteiger partial charge in [0, 0.05) is 24.2 Å². The lowest BCUT2D eigenvalue weighted by Gasteiger charge is -2.39. The average Bonchev–Trinajstić information content (AvgIpc) is 1.90. The molecule has 0 aliphatic rings. The van der Waals surface area contributed by atoms with E-state index in [4.69, 9.17) is 0 Å². The predicted octanol–water partition coefficient (Wildman–Crippen LogP) is 5.44. The Bertz CT molecular complexity index is 306. The van der Waals surface area contributed by atoms with Gasteiger partial charge in [0.1, 0.15) is 8.07 Å². The molecular weight excluding hydrogens is 311 g/mol. The lowest BCUT2D eigenvalue weighted by Crippen LogP contribution is -2.51. The van der Waals surface area contributed by atoms with Crippen molar-refractivity contribution >= 4 is 41.5 Å². The second-order valence-corrected chi connectivity index (χ2v) is 32.5. The summed E-state index contributed by atoms with van der Waals surface area (Å²) in [6.07, 6.45) is 0. The molecule has 0 aliphatic carbocycles. The Kier molecular flexibility index (Phi) is 7.05. The number of rotatable bonds is 6. The summed E-state index contributed by atoms with van der Waals surface area (Å²) in [6.45, 7) is 22.8. The van der Waals surface area contributed by atoms with Gasteiger partial charge in [0.05, 0.1) is 0 Å². The molecule has 112 valence electrons. The van der Waals surface area contributed by atoms with E-state index in [0.29, 0.717) is 0 Å². The van der Waals surface area contributed by atoms with Crippen LogP contribution in [0.1, 0.15) is 0 Å². The molecule has 0 nitrogen and oxygen atoms in total. The summed E-state index contributed by atoms with van der Waals surface area (Å²) in [5.74, 6) is 0. The van der Waals surface area contributed by atoms with Gasteiger partial charge >= 0.3 is 0 Å². The molecule has 0 saturated heterocycles. The predicted molar refractivity (Wildman–Crippen MR) is 108 cm³/mol. The monoisotopic (exact) mass is 346 g/mol. The largest absolute Gasteiger partial charge is 0.131 e. The van der Waals surface area contributed by atoms with E-state index in [9.17, 15) is 0 Å². The van der Waals surface area contributed by atoms with Crippen molar-refractivity contribution in [2.24, 2.45) is 0 Å². The molecule has 0 aromatic carbocycles. The van der Waals surface area contributed by atoms with Gasteiger partial charge in [-0.15, -0.1) is 5.54 Å². The van der Waals surface area contributed by atoms with Gasteiger partial charge in [0.25, 0.3) is 0 Å². The van der Waals surface area contributed by atoms with Crippen LogP contribution < -0.4 is 0 Å². The molecule has 1 unspecified atom stereocenters. The van der Waals surface area contributed by atoms with Gasteiger partial charge in [-0.3, -0.25) is 0 Å². The first-order chi connectivity index (χ1) is 8.18. The van der Waals surface area contributed by atoms with Gasteiger partial charge in [-0.2, -0.15) is 0 Å². The maximum atomic E-state index is 3.82. The van der Waals surface area contributed by atoms with Crippen LogP contribution in [0, 0.1) is 11.2 Å². The third-order valence-electron chi connectivity index (χ3n) is 2.94. The van der Waals surface area contributed by atoms with E-state index in [1.807, 2.05) is 0 Å². The fraction of sp³-hybridized carbons (Fsp3) is 0.857. The van der Waals surface area contributed by atoms with E-state index in [0.717, 1.165) is 0 Å². The SMILES string of the molecule is C[Si](C)(C)C[Si](C#CP)(C[Si](C)(C)C)C[Si](C)(C)C. The van der Waals surface area contributed by atoms with Crippen LogP contribution in [0.4, 0.5) is 0 Å². The van der Waals surface area contributed by atoms with E-state index in [2.05, 4.69) is 79.4 Å². The van der Waals surface area contributed by atoms with Crippen molar-refractivity contribution in [2.45, 2.75) is 75.9 Å². The van der Waals surface area contributed by atoms with E-state index >= 15 is 0 Å². The molecule has 5 heteroatoms. The summed E-state index contributed by atoms with van der Waals surface area (Å²) in [5, 5.41) is 0. The zero-order valence-electron chi connectivity index (χ0n) is 14.7. The lowest BCUT2D eigenvalue weighted by atomic mass is 11.4. The van der Waals surface area contributed by atoms with Crippen molar-refractivity contribution in [3.8, 4) is 11.2 Å². The van der Waals surface area contributed by atoms with Crippen LogP contribution in [0.25, 0.3) is 0 Å². The summed E-state index contributed by atoms with van der Waals surface area (Å²) >= 11 is 0. The highest BCUT2D eigenvalue weighted by Crippen LogP contribution is 2.34. The molecule has 0 bridgehead atoms. The summed E-state index contributed by atoms with van der Waals surface area (Å²) in [7, 11) is -1.83. The number of hydrogen-bond donors (Lipinski definition) is 0. The maximum Gasteiger partial charge on any atom is 0.131 e. The zero-order valence-corrected chi connectivity index (χ0v) is 19.9. The highest BCUT2D eigenvalue weighted by atomic mass is 31.0. The van der Waals surface area contributed by atoms with Gasteiger partial charge < -0.3 is 0 Å². The van der Waals surface area contributed by atoms with Crippen molar-refractivity contribution in [3.63, 3.8) is 0 Å².